The maximum Gasteiger partial charge on any atom is 0.246 e. The summed E-state index contributed by atoms with van der Waals surface area (Å²) in [6.45, 7) is 4.44. The second-order valence-corrected chi connectivity index (χ2v) is 4.25. The van der Waals surface area contributed by atoms with Crippen LogP contribution in [-0.4, -0.2) is 39.4 Å². The van der Waals surface area contributed by atoms with E-state index >= 15 is 0 Å². The zero-order chi connectivity index (χ0) is 13.1. The van der Waals surface area contributed by atoms with Crippen molar-refractivity contribution in [1.82, 2.24) is 20.4 Å². The number of carbonyl (C=O) groups excluding carboxylic acids is 2. The monoisotopic (exact) mass is 252 g/mol. The first-order valence-corrected chi connectivity index (χ1v) is 5.98. The number of nitrogens with zero attached hydrogens (tertiary/aromatic N) is 3. The Balaban J connectivity index is 1.91. The van der Waals surface area contributed by atoms with E-state index in [0.29, 0.717) is 24.8 Å². The molecule has 7 nitrogen and oxygen atoms in total. The smallest absolute Gasteiger partial charge is 0.246 e. The van der Waals surface area contributed by atoms with Crippen molar-refractivity contribution in [2.24, 2.45) is 0 Å². The van der Waals surface area contributed by atoms with E-state index in [9.17, 15) is 9.59 Å². The van der Waals surface area contributed by atoms with Gasteiger partial charge < -0.3 is 4.52 Å². The van der Waals surface area contributed by atoms with Crippen LogP contribution in [0.2, 0.25) is 0 Å². The van der Waals surface area contributed by atoms with Gasteiger partial charge in [-0.2, -0.15) is 4.98 Å². The van der Waals surface area contributed by atoms with Gasteiger partial charge in [-0.25, -0.2) is 0 Å². The van der Waals surface area contributed by atoms with Crippen LogP contribution in [0, 0.1) is 6.92 Å². The Hall–Kier alpha value is -1.76. The van der Waals surface area contributed by atoms with Crippen LogP contribution in [0.5, 0.6) is 0 Å². The summed E-state index contributed by atoms with van der Waals surface area (Å²) in [6, 6.07) is -0.470. The van der Waals surface area contributed by atoms with Gasteiger partial charge in [0.25, 0.3) is 0 Å². The second kappa shape index (κ2) is 5.26. The molecule has 2 amide bonds. The van der Waals surface area contributed by atoms with Crippen LogP contribution in [0.3, 0.4) is 0 Å². The lowest BCUT2D eigenvalue weighted by atomic mass is 10.2. The number of aromatic nitrogens is 2. The Bertz CT molecular complexity index is 457. The van der Waals surface area contributed by atoms with Gasteiger partial charge in [0.05, 0.1) is 19.0 Å². The summed E-state index contributed by atoms with van der Waals surface area (Å²) in [5.41, 5.74) is 0. The van der Waals surface area contributed by atoms with Gasteiger partial charge in [-0.3, -0.25) is 19.8 Å². The molecule has 1 aromatic heterocycles. The van der Waals surface area contributed by atoms with Crippen LogP contribution in [0.1, 0.15) is 31.5 Å². The fourth-order valence-corrected chi connectivity index (χ4v) is 1.93. The van der Waals surface area contributed by atoms with Gasteiger partial charge in [0, 0.05) is 13.5 Å². The minimum Gasteiger partial charge on any atom is -0.340 e. The minimum atomic E-state index is -0.470. The highest BCUT2D eigenvalue weighted by Crippen LogP contribution is 2.13. The summed E-state index contributed by atoms with van der Waals surface area (Å²) in [4.78, 5) is 28.9. The molecule has 0 spiro atoms. The van der Waals surface area contributed by atoms with Crippen LogP contribution in [0.15, 0.2) is 4.52 Å². The molecule has 2 rings (SSSR count). The summed E-state index contributed by atoms with van der Waals surface area (Å²) in [7, 11) is 0. The van der Waals surface area contributed by atoms with Crippen LogP contribution >= 0.6 is 0 Å². The van der Waals surface area contributed by atoms with Gasteiger partial charge >= 0.3 is 0 Å². The lowest BCUT2D eigenvalue weighted by Crippen LogP contribution is -2.38. The van der Waals surface area contributed by atoms with Crippen LogP contribution in [0.4, 0.5) is 0 Å². The molecule has 0 aliphatic carbocycles. The molecule has 98 valence electrons. The first kappa shape index (κ1) is 12.7. The van der Waals surface area contributed by atoms with Crippen molar-refractivity contribution < 1.29 is 14.1 Å². The largest absolute Gasteiger partial charge is 0.340 e. The topological polar surface area (TPSA) is 88.3 Å². The molecule has 0 radical (unpaired) electrons. The van der Waals surface area contributed by atoms with Crippen molar-refractivity contribution in [3.63, 3.8) is 0 Å². The van der Waals surface area contributed by atoms with E-state index in [2.05, 4.69) is 15.5 Å². The third-order valence-electron chi connectivity index (χ3n) is 2.77. The Kier molecular flexibility index (Phi) is 3.71. The minimum absolute atomic E-state index is 0.122. The molecule has 1 aliphatic heterocycles. The lowest BCUT2D eigenvalue weighted by Gasteiger charge is -2.13. The molecular weight excluding hydrogens is 236 g/mol. The number of carbonyl (C=O) groups is 2. The molecule has 0 aromatic carbocycles. The quantitative estimate of drug-likeness (QED) is 0.742. The van der Waals surface area contributed by atoms with E-state index in [1.807, 2.05) is 6.92 Å². The lowest BCUT2D eigenvalue weighted by molar-refractivity contribution is -0.138. The first-order valence-electron chi connectivity index (χ1n) is 5.98. The Labute approximate surface area is 105 Å². The van der Waals surface area contributed by atoms with Crippen LogP contribution in [0.25, 0.3) is 0 Å². The summed E-state index contributed by atoms with van der Waals surface area (Å²) in [5.74, 6) is 0.681. The van der Waals surface area contributed by atoms with Crippen LogP contribution in [-0.2, 0) is 16.1 Å². The highest BCUT2D eigenvalue weighted by atomic mass is 16.5. The van der Waals surface area contributed by atoms with Gasteiger partial charge in [0.1, 0.15) is 0 Å². The van der Waals surface area contributed by atoms with E-state index < -0.39 is 6.04 Å². The molecule has 1 aromatic rings. The molecule has 1 N–H and O–H groups in total. The molecule has 2 heterocycles. The molecule has 1 aliphatic rings. The molecule has 1 unspecified atom stereocenters. The van der Waals surface area contributed by atoms with Crippen LogP contribution < -0.4 is 5.32 Å². The Morgan fingerprint density at radius 1 is 1.50 bits per heavy atom. The molecule has 0 bridgehead atoms. The zero-order valence-corrected chi connectivity index (χ0v) is 10.5. The van der Waals surface area contributed by atoms with Gasteiger partial charge in [-0.15, -0.1) is 0 Å². The summed E-state index contributed by atoms with van der Waals surface area (Å²) >= 11 is 0. The predicted octanol–water partition coefficient (Wildman–Crippen LogP) is 0.00512. The van der Waals surface area contributed by atoms with E-state index in [1.54, 1.807) is 6.92 Å². The maximum absolute atomic E-state index is 11.9. The number of rotatable bonds is 5. The van der Waals surface area contributed by atoms with Gasteiger partial charge in [0.15, 0.2) is 5.82 Å². The number of imide groups is 1. The van der Waals surface area contributed by atoms with Crippen molar-refractivity contribution in [1.29, 1.82) is 0 Å². The fourth-order valence-electron chi connectivity index (χ4n) is 1.93. The summed E-state index contributed by atoms with van der Waals surface area (Å²) in [6.07, 6.45) is 0.976. The average Bonchev–Trinajstić information content (AvgIpc) is 2.86. The number of hydrogen-bond acceptors (Lipinski definition) is 6. The summed E-state index contributed by atoms with van der Waals surface area (Å²) in [5, 5.41) is 6.70. The maximum atomic E-state index is 11.9. The zero-order valence-electron chi connectivity index (χ0n) is 10.5. The van der Waals surface area contributed by atoms with E-state index in [1.165, 1.54) is 4.90 Å². The predicted molar refractivity (Wildman–Crippen MR) is 61.3 cm³/mol. The fraction of sp³-hybridized carbons (Fsp3) is 0.636. The third-order valence-corrected chi connectivity index (χ3v) is 2.77. The average molecular weight is 252 g/mol. The molecule has 7 heteroatoms. The van der Waals surface area contributed by atoms with E-state index in [-0.39, 0.29) is 18.2 Å². The van der Waals surface area contributed by atoms with Gasteiger partial charge in [-0.05, 0) is 6.42 Å². The first-order chi connectivity index (χ1) is 8.61. The number of amides is 2. The molecular formula is C11H16N4O3. The SMILES string of the molecule is CCCN1C(=O)CC(NCc2noc(C)n2)C1=O. The normalized spacial score (nSPS) is 19.9. The third kappa shape index (κ3) is 2.56. The van der Waals surface area contributed by atoms with Crippen molar-refractivity contribution >= 4 is 11.8 Å². The summed E-state index contributed by atoms with van der Waals surface area (Å²) < 4.78 is 4.82. The van der Waals surface area contributed by atoms with Crippen molar-refractivity contribution in [2.75, 3.05) is 6.54 Å². The standard InChI is InChI=1S/C11H16N4O3/c1-3-4-15-10(16)5-8(11(15)17)12-6-9-13-7(2)18-14-9/h8,12H,3-6H2,1-2H3. The highest BCUT2D eigenvalue weighted by Gasteiger charge is 2.37. The number of nitrogens with one attached hydrogen (secondary N) is 1. The van der Waals surface area contributed by atoms with Gasteiger partial charge in [-0.1, -0.05) is 12.1 Å². The van der Waals surface area contributed by atoms with E-state index in [4.69, 9.17) is 4.52 Å². The molecule has 1 atom stereocenters. The molecule has 1 saturated heterocycles. The van der Waals surface area contributed by atoms with Crippen molar-refractivity contribution in [3.8, 4) is 0 Å². The second-order valence-electron chi connectivity index (χ2n) is 4.25. The molecule has 0 saturated carbocycles. The molecule has 18 heavy (non-hydrogen) atoms. The Morgan fingerprint density at radius 2 is 2.28 bits per heavy atom. The molecule has 1 fully saturated rings. The Morgan fingerprint density at radius 3 is 2.89 bits per heavy atom. The number of aryl methyl sites for hydroxylation is 1. The highest BCUT2D eigenvalue weighted by molar-refractivity contribution is 6.05. The van der Waals surface area contributed by atoms with E-state index in [0.717, 1.165) is 6.42 Å². The van der Waals surface area contributed by atoms with Crippen molar-refractivity contribution in [3.05, 3.63) is 11.7 Å². The van der Waals surface area contributed by atoms with Crippen molar-refractivity contribution in [2.45, 2.75) is 39.3 Å². The number of likely N-dealkylation sites (tertiary alicyclic amines) is 1. The van der Waals surface area contributed by atoms with Gasteiger partial charge in [0.2, 0.25) is 17.7 Å². The number of hydrogen-bond donors (Lipinski definition) is 1.